The summed E-state index contributed by atoms with van der Waals surface area (Å²) in [5, 5.41) is 5.19. The van der Waals surface area contributed by atoms with E-state index in [2.05, 4.69) is 20.1 Å². The van der Waals surface area contributed by atoms with Gasteiger partial charge in [0.15, 0.2) is 0 Å². The van der Waals surface area contributed by atoms with Crippen molar-refractivity contribution in [3.8, 4) is 11.3 Å². The van der Waals surface area contributed by atoms with Gasteiger partial charge < -0.3 is 4.57 Å². The first-order chi connectivity index (χ1) is 13.8. The molecule has 0 bridgehead atoms. The third-order valence-corrected chi connectivity index (χ3v) is 4.94. The molecule has 0 saturated carbocycles. The SMILES string of the molecule is O=C(N/N=C1\CCn2cccc21)c1cc(-c2ccncc2)nc2ccccc12. The molecule has 1 aliphatic rings. The number of hydrogen-bond acceptors (Lipinski definition) is 4. The predicted molar refractivity (Wildman–Crippen MR) is 108 cm³/mol. The highest BCUT2D eigenvalue weighted by Gasteiger charge is 2.18. The Morgan fingerprint density at radius 1 is 1.07 bits per heavy atom. The lowest BCUT2D eigenvalue weighted by molar-refractivity contribution is 0.0956. The number of rotatable bonds is 3. The van der Waals surface area contributed by atoms with Crippen LogP contribution in [-0.4, -0.2) is 26.2 Å². The van der Waals surface area contributed by atoms with E-state index < -0.39 is 0 Å². The minimum absolute atomic E-state index is 0.244. The summed E-state index contributed by atoms with van der Waals surface area (Å²) in [6.07, 6.45) is 6.27. The van der Waals surface area contributed by atoms with E-state index in [1.54, 1.807) is 12.4 Å². The Hall–Kier alpha value is -3.80. The minimum atomic E-state index is -0.244. The molecule has 0 fully saturated rings. The molecule has 6 heteroatoms. The molecule has 0 radical (unpaired) electrons. The fraction of sp³-hybridized carbons (Fsp3) is 0.0909. The summed E-state index contributed by atoms with van der Waals surface area (Å²) in [6.45, 7) is 0.890. The molecule has 1 aromatic carbocycles. The van der Waals surface area contributed by atoms with Crippen LogP contribution in [0.1, 0.15) is 22.5 Å². The van der Waals surface area contributed by atoms with Crippen LogP contribution in [0.15, 0.2) is 78.3 Å². The zero-order chi connectivity index (χ0) is 18.9. The molecule has 1 amide bonds. The molecule has 28 heavy (non-hydrogen) atoms. The second-order valence-corrected chi connectivity index (χ2v) is 6.64. The van der Waals surface area contributed by atoms with Gasteiger partial charge in [-0.1, -0.05) is 18.2 Å². The molecule has 1 N–H and O–H groups in total. The highest BCUT2D eigenvalue weighted by atomic mass is 16.2. The largest absolute Gasteiger partial charge is 0.346 e. The zero-order valence-corrected chi connectivity index (χ0v) is 15.0. The van der Waals surface area contributed by atoms with Crippen molar-refractivity contribution in [1.29, 1.82) is 0 Å². The Morgan fingerprint density at radius 3 is 2.82 bits per heavy atom. The van der Waals surface area contributed by atoms with Crippen molar-refractivity contribution >= 4 is 22.5 Å². The van der Waals surface area contributed by atoms with Gasteiger partial charge >= 0.3 is 0 Å². The van der Waals surface area contributed by atoms with Crippen LogP contribution in [0.2, 0.25) is 0 Å². The first kappa shape index (κ1) is 16.4. The third-order valence-electron chi connectivity index (χ3n) is 4.94. The normalized spacial score (nSPS) is 14.4. The lowest BCUT2D eigenvalue weighted by atomic mass is 10.0. The number of para-hydroxylation sites is 1. The van der Waals surface area contributed by atoms with E-state index in [4.69, 9.17) is 4.98 Å². The summed E-state index contributed by atoms with van der Waals surface area (Å²) >= 11 is 0. The van der Waals surface area contributed by atoms with Crippen LogP contribution in [0.4, 0.5) is 0 Å². The molecule has 0 aliphatic carbocycles. The van der Waals surface area contributed by atoms with E-state index in [1.165, 1.54) is 0 Å². The van der Waals surface area contributed by atoms with Gasteiger partial charge in [-0.15, -0.1) is 0 Å². The molecular formula is C22H17N5O. The molecule has 136 valence electrons. The predicted octanol–water partition coefficient (Wildman–Crippen LogP) is 3.64. The molecule has 0 spiro atoms. The van der Waals surface area contributed by atoms with Gasteiger partial charge in [0.25, 0.3) is 5.91 Å². The number of hydrazone groups is 1. The van der Waals surface area contributed by atoms with E-state index in [1.807, 2.05) is 60.8 Å². The van der Waals surface area contributed by atoms with Crippen molar-refractivity contribution < 1.29 is 4.79 Å². The van der Waals surface area contributed by atoms with Crippen molar-refractivity contribution in [2.45, 2.75) is 13.0 Å². The Labute approximate surface area is 161 Å². The van der Waals surface area contributed by atoms with Crippen LogP contribution in [0, 0.1) is 0 Å². The van der Waals surface area contributed by atoms with Crippen LogP contribution in [0.3, 0.4) is 0 Å². The Balaban J connectivity index is 1.53. The van der Waals surface area contributed by atoms with Crippen molar-refractivity contribution in [2.24, 2.45) is 5.10 Å². The van der Waals surface area contributed by atoms with Gasteiger partial charge in [0.1, 0.15) is 0 Å². The van der Waals surface area contributed by atoms with Gasteiger partial charge in [0, 0.05) is 42.5 Å². The molecule has 3 aromatic heterocycles. The number of aromatic nitrogens is 3. The van der Waals surface area contributed by atoms with E-state index in [-0.39, 0.29) is 5.91 Å². The zero-order valence-electron chi connectivity index (χ0n) is 15.0. The number of amides is 1. The van der Waals surface area contributed by atoms with Gasteiger partial charge in [0.05, 0.1) is 28.2 Å². The number of benzene rings is 1. The fourth-order valence-corrected chi connectivity index (χ4v) is 3.55. The number of aryl methyl sites for hydroxylation is 1. The van der Waals surface area contributed by atoms with Crippen LogP contribution in [-0.2, 0) is 6.54 Å². The van der Waals surface area contributed by atoms with Gasteiger partial charge in [0.2, 0.25) is 0 Å². The average Bonchev–Trinajstić information content (AvgIpc) is 3.36. The molecule has 4 aromatic rings. The highest BCUT2D eigenvalue weighted by Crippen LogP contribution is 2.24. The van der Waals surface area contributed by atoms with Crippen molar-refractivity contribution in [3.63, 3.8) is 0 Å². The van der Waals surface area contributed by atoms with Crippen LogP contribution in [0.25, 0.3) is 22.2 Å². The fourth-order valence-electron chi connectivity index (χ4n) is 3.55. The van der Waals surface area contributed by atoms with Crippen molar-refractivity contribution in [2.75, 3.05) is 0 Å². The summed E-state index contributed by atoms with van der Waals surface area (Å²) in [4.78, 5) is 21.7. The van der Waals surface area contributed by atoms with Crippen LogP contribution in [0.5, 0.6) is 0 Å². The first-order valence-electron chi connectivity index (χ1n) is 9.12. The number of carbonyl (C=O) groups excluding carboxylic acids is 1. The number of nitrogens with one attached hydrogen (secondary N) is 1. The maximum Gasteiger partial charge on any atom is 0.272 e. The van der Waals surface area contributed by atoms with Crippen molar-refractivity contribution in [3.05, 3.63) is 84.4 Å². The van der Waals surface area contributed by atoms with Crippen molar-refractivity contribution in [1.82, 2.24) is 20.0 Å². The van der Waals surface area contributed by atoms with Gasteiger partial charge in [-0.2, -0.15) is 5.10 Å². The smallest absolute Gasteiger partial charge is 0.272 e. The third kappa shape index (κ3) is 2.85. The summed E-state index contributed by atoms with van der Waals surface area (Å²) in [5.41, 5.74) is 7.65. The second-order valence-electron chi connectivity index (χ2n) is 6.64. The minimum Gasteiger partial charge on any atom is -0.346 e. The Kier molecular flexibility index (Phi) is 3.94. The monoisotopic (exact) mass is 367 g/mol. The second kappa shape index (κ2) is 6.74. The molecule has 6 nitrogen and oxygen atoms in total. The standard InChI is InChI=1S/C22H17N5O/c28-22(26-25-19-9-13-27-12-3-6-21(19)27)17-14-20(15-7-10-23-11-8-15)24-18-5-2-1-4-16(17)18/h1-8,10-12,14H,9,13H2,(H,26,28)/b25-19+. The van der Waals surface area contributed by atoms with E-state index >= 15 is 0 Å². The molecule has 0 unspecified atom stereocenters. The maximum atomic E-state index is 13.0. The van der Waals surface area contributed by atoms with E-state index in [9.17, 15) is 4.79 Å². The van der Waals surface area contributed by atoms with E-state index in [0.717, 1.165) is 46.5 Å². The summed E-state index contributed by atoms with van der Waals surface area (Å²) in [6, 6.07) is 17.2. The number of carbonyl (C=O) groups is 1. The molecule has 1 aliphatic heterocycles. The summed E-state index contributed by atoms with van der Waals surface area (Å²) in [5.74, 6) is -0.244. The Morgan fingerprint density at radius 2 is 1.93 bits per heavy atom. The number of fused-ring (bicyclic) bond motifs is 2. The van der Waals surface area contributed by atoms with Crippen LogP contribution < -0.4 is 5.43 Å². The van der Waals surface area contributed by atoms with Gasteiger partial charge in [-0.05, 0) is 36.4 Å². The molecule has 0 atom stereocenters. The first-order valence-corrected chi connectivity index (χ1v) is 9.12. The lowest BCUT2D eigenvalue weighted by Crippen LogP contribution is -2.20. The van der Waals surface area contributed by atoms with Gasteiger partial charge in [-0.25, -0.2) is 10.4 Å². The quantitative estimate of drug-likeness (QED) is 0.562. The molecular weight excluding hydrogens is 350 g/mol. The van der Waals surface area contributed by atoms with E-state index in [0.29, 0.717) is 5.56 Å². The van der Waals surface area contributed by atoms with Gasteiger partial charge in [-0.3, -0.25) is 9.78 Å². The lowest BCUT2D eigenvalue weighted by Gasteiger charge is -2.09. The Bertz CT molecular complexity index is 1210. The number of hydrogen-bond donors (Lipinski definition) is 1. The highest BCUT2D eigenvalue weighted by molar-refractivity contribution is 6.08. The molecule has 4 heterocycles. The molecule has 0 saturated heterocycles. The number of nitrogens with zero attached hydrogens (tertiary/aromatic N) is 4. The summed E-state index contributed by atoms with van der Waals surface area (Å²) in [7, 11) is 0. The molecule has 5 rings (SSSR count). The average molecular weight is 367 g/mol. The van der Waals surface area contributed by atoms with Crippen LogP contribution >= 0.6 is 0 Å². The topological polar surface area (TPSA) is 72.2 Å². The number of pyridine rings is 2. The summed E-state index contributed by atoms with van der Waals surface area (Å²) < 4.78 is 2.13. The maximum absolute atomic E-state index is 13.0.